The van der Waals surface area contributed by atoms with E-state index in [4.69, 9.17) is 10.00 Å². The van der Waals surface area contributed by atoms with E-state index in [1.807, 2.05) is 13.0 Å². The normalized spacial score (nSPS) is 20.6. The van der Waals surface area contributed by atoms with Crippen LogP contribution in [-0.2, 0) is 11.3 Å². The number of hydrogen-bond acceptors (Lipinski definition) is 3. The molecule has 0 amide bonds. The average molecular weight is 248 g/mol. The van der Waals surface area contributed by atoms with E-state index in [9.17, 15) is 4.39 Å². The Morgan fingerprint density at radius 2 is 2.44 bits per heavy atom. The Morgan fingerprint density at radius 1 is 1.61 bits per heavy atom. The minimum Gasteiger partial charge on any atom is -0.377 e. The van der Waals surface area contributed by atoms with Crippen LogP contribution in [0.3, 0.4) is 0 Å². The van der Waals surface area contributed by atoms with Gasteiger partial charge in [-0.1, -0.05) is 12.1 Å². The maximum atomic E-state index is 13.8. The second-order valence-corrected chi connectivity index (χ2v) is 4.61. The zero-order valence-corrected chi connectivity index (χ0v) is 10.4. The molecular weight excluding hydrogens is 231 g/mol. The number of halogens is 1. The van der Waals surface area contributed by atoms with Crippen molar-refractivity contribution < 1.29 is 9.13 Å². The molecular formula is C14H17FN2O. The molecule has 1 saturated heterocycles. The number of benzene rings is 1. The van der Waals surface area contributed by atoms with Crippen LogP contribution in [0.2, 0.25) is 0 Å². The van der Waals surface area contributed by atoms with Gasteiger partial charge in [0.05, 0.1) is 11.7 Å². The zero-order chi connectivity index (χ0) is 13.0. The third-order valence-corrected chi connectivity index (χ3v) is 3.34. The summed E-state index contributed by atoms with van der Waals surface area (Å²) < 4.78 is 19.4. The van der Waals surface area contributed by atoms with Crippen molar-refractivity contribution in [2.24, 2.45) is 0 Å². The lowest BCUT2D eigenvalue weighted by Gasteiger charge is -2.20. The first-order valence-corrected chi connectivity index (χ1v) is 6.25. The molecule has 0 radical (unpaired) electrons. The fourth-order valence-electron chi connectivity index (χ4n) is 2.20. The highest BCUT2D eigenvalue weighted by molar-refractivity contribution is 5.34. The summed E-state index contributed by atoms with van der Waals surface area (Å²) in [5.74, 6) is -0.424. The van der Waals surface area contributed by atoms with Crippen LogP contribution in [0.5, 0.6) is 0 Å². The van der Waals surface area contributed by atoms with E-state index in [0.717, 1.165) is 19.4 Å². The molecule has 2 rings (SSSR count). The zero-order valence-electron chi connectivity index (χ0n) is 10.4. The van der Waals surface area contributed by atoms with Gasteiger partial charge in [0.1, 0.15) is 11.9 Å². The largest absolute Gasteiger partial charge is 0.377 e. The van der Waals surface area contributed by atoms with Gasteiger partial charge in [0.2, 0.25) is 0 Å². The second-order valence-electron chi connectivity index (χ2n) is 4.61. The van der Waals surface area contributed by atoms with Crippen LogP contribution in [0.15, 0.2) is 18.2 Å². The lowest BCUT2D eigenvalue weighted by molar-refractivity contribution is 0.0831. The first kappa shape index (κ1) is 13.0. The summed E-state index contributed by atoms with van der Waals surface area (Å²) in [7, 11) is 0. The van der Waals surface area contributed by atoms with Crippen LogP contribution in [0, 0.1) is 17.1 Å². The third kappa shape index (κ3) is 2.87. The standard InChI is InChI=1S/C14H17FN2O/c1-10(13-6-3-7-18-13)17-9-12-5-2-4-11(8-16)14(12)15/h2,4-5,10,13,17H,3,6-7,9H2,1H3. The van der Waals surface area contributed by atoms with E-state index in [1.54, 1.807) is 12.1 Å². The number of ether oxygens (including phenoxy) is 1. The number of nitrogens with one attached hydrogen (secondary N) is 1. The Balaban J connectivity index is 1.95. The molecule has 1 fully saturated rings. The molecule has 1 aromatic carbocycles. The van der Waals surface area contributed by atoms with Crippen LogP contribution in [-0.4, -0.2) is 18.8 Å². The summed E-state index contributed by atoms with van der Waals surface area (Å²) in [5.41, 5.74) is 0.623. The molecule has 3 nitrogen and oxygen atoms in total. The van der Waals surface area contributed by atoms with E-state index in [0.29, 0.717) is 12.1 Å². The van der Waals surface area contributed by atoms with Crippen molar-refractivity contribution in [1.82, 2.24) is 5.32 Å². The van der Waals surface area contributed by atoms with Gasteiger partial charge in [-0.2, -0.15) is 5.26 Å². The molecule has 96 valence electrons. The molecule has 0 aromatic heterocycles. The van der Waals surface area contributed by atoms with Crippen molar-refractivity contribution >= 4 is 0 Å². The topological polar surface area (TPSA) is 45.0 Å². The number of hydrogen-bond donors (Lipinski definition) is 1. The quantitative estimate of drug-likeness (QED) is 0.889. The minimum atomic E-state index is -0.424. The molecule has 4 heteroatoms. The smallest absolute Gasteiger partial charge is 0.145 e. The van der Waals surface area contributed by atoms with Gasteiger partial charge in [0.25, 0.3) is 0 Å². The van der Waals surface area contributed by atoms with Gasteiger partial charge in [0.15, 0.2) is 0 Å². The lowest BCUT2D eigenvalue weighted by atomic mass is 10.1. The number of nitriles is 1. The van der Waals surface area contributed by atoms with E-state index in [-0.39, 0.29) is 17.7 Å². The molecule has 2 unspecified atom stereocenters. The van der Waals surface area contributed by atoms with Gasteiger partial charge in [-0.05, 0) is 25.8 Å². The summed E-state index contributed by atoms with van der Waals surface area (Å²) in [4.78, 5) is 0. The molecule has 0 saturated carbocycles. The predicted octanol–water partition coefficient (Wildman–Crippen LogP) is 2.35. The molecule has 1 aliphatic rings. The first-order valence-electron chi connectivity index (χ1n) is 6.25. The van der Waals surface area contributed by atoms with E-state index in [2.05, 4.69) is 5.32 Å². The van der Waals surface area contributed by atoms with Crippen molar-refractivity contribution in [3.05, 3.63) is 35.1 Å². The SMILES string of the molecule is CC(NCc1cccc(C#N)c1F)C1CCCO1. The third-order valence-electron chi connectivity index (χ3n) is 3.34. The number of nitrogens with zero attached hydrogens (tertiary/aromatic N) is 1. The Morgan fingerprint density at radius 3 is 3.11 bits per heavy atom. The van der Waals surface area contributed by atoms with E-state index >= 15 is 0 Å². The van der Waals surface area contributed by atoms with Crippen LogP contribution in [0.1, 0.15) is 30.9 Å². The van der Waals surface area contributed by atoms with Crippen molar-refractivity contribution in [3.63, 3.8) is 0 Å². The Kier molecular flexibility index (Phi) is 4.29. The number of rotatable bonds is 4. The highest BCUT2D eigenvalue weighted by atomic mass is 19.1. The Hall–Kier alpha value is -1.44. The van der Waals surface area contributed by atoms with Gasteiger partial charge >= 0.3 is 0 Å². The van der Waals surface area contributed by atoms with Crippen molar-refractivity contribution in [2.45, 2.75) is 38.5 Å². The fourth-order valence-corrected chi connectivity index (χ4v) is 2.20. The molecule has 2 atom stereocenters. The Bertz CT molecular complexity index is 450. The summed E-state index contributed by atoms with van der Waals surface area (Å²) in [6.07, 6.45) is 2.36. The monoisotopic (exact) mass is 248 g/mol. The summed E-state index contributed by atoms with van der Waals surface area (Å²) in [6, 6.07) is 6.94. The first-order chi connectivity index (χ1) is 8.72. The summed E-state index contributed by atoms with van der Waals surface area (Å²) in [5, 5.41) is 12.0. The van der Waals surface area contributed by atoms with E-state index in [1.165, 1.54) is 6.07 Å². The molecule has 1 aromatic rings. The summed E-state index contributed by atoms with van der Waals surface area (Å²) in [6.45, 7) is 3.28. The van der Waals surface area contributed by atoms with Crippen molar-refractivity contribution in [1.29, 1.82) is 5.26 Å². The molecule has 18 heavy (non-hydrogen) atoms. The molecule has 1 heterocycles. The molecule has 0 spiro atoms. The van der Waals surface area contributed by atoms with Crippen molar-refractivity contribution in [2.75, 3.05) is 6.61 Å². The van der Waals surface area contributed by atoms with Crippen LogP contribution >= 0.6 is 0 Å². The van der Waals surface area contributed by atoms with Gasteiger partial charge < -0.3 is 10.1 Å². The molecule has 1 aliphatic heterocycles. The molecule has 0 aliphatic carbocycles. The predicted molar refractivity (Wildman–Crippen MR) is 66.4 cm³/mol. The van der Waals surface area contributed by atoms with E-state index < -0.39 is 5.82 Å². The minimum absolute atomic E-state index is 0.0964. The van der Waals surface area contributed by atoms with Crippen LogP contribution < -0.4 is 5.32 Å². The van der Waals surface area contributed by atoms with Crippen LogP contribution in [0.25, 0.3) is 0 Å². The average Bonchev–Trinajstić information content (AvgIpc) is 2.91. The van der Waals surface area contributed by atoms with Gasteiger partial charge in [-0.25, -0.2) is 4.39 Å². The molecule has 1 N–H and O–H groups in total. The van der Waals surface area contributed by atoms with Gasteiger partial charge in [0, 0.05) is 24.8 Å². The molecule has 0 bridgehead atoms. The lowest BCUT2D eigenvalue weighted by Crippen LogP contribution is -2.36. The van der Waals surface area contributed by atoms with Gasteiger partial charge in [-0.3, -0.25) is 0 Å². The highest BCUT2D eigenvalue weighted by Crippen LogP contribution is 2.17. The highest BCUT2D eigenvalue weighted by Gasteiger charge is 2.22. The maximum absolute atomic E-state index is 13.8. The Labute approximate surface area is 107 Å². The second kappa shape index (κ2) is 5.94. The van der Waals surface area contributed by atoms with Gasteiger partial charge in [-0.15, -0.1) is 0 Å². The maximum Gasteiger partial charge on any atom is 0.145 e. The summed E-state index contributed by atoms with van der Waals surface area (Å²) >= 11 is 0. The fraction of sp³-hybridized carbons (Fsp3) is 0.500. The van der Waals surface area contributed by atoms with Crippen LogP contribution in [0.4, 0.5) is 4.39 Å². The van der Waals surface area contributed by atoms with Crippen molar-refractivity contribution in [3.8, 4) is 6.07 Å².